The number of H-pyrrole nitrogens is 1. The minimum absolute atomic E-state index is 0.0357. The lowest BCUT2D eigenvalue weighted by atomic mass is 9.69. The van der Waals surface area contributed by atoms with E-state index in [1.165, 1.54) is 22.5 Å². The van der Waals surface area contributed by atoms with Crippen molar-refractivity contribution in [3.8, 4) is 0 Å². The van der Waals surface area contributed by atoms with Crippen LogP contribution in [0.3, 0.4) is 0 Å². The number of hydrogen-bond donors (Lipinski definition) is 1. The number of imidazole rings is 1. The largest absolute Gasteiger partial charge is 0.457 e. The van der Waals surface area contributed by atoms with Crippen LogP contribution in [0, 0.1) is 13.5 Å². The zero-order valence-electron chi connectivity index (χ0n) is 40.0. The first-order chi connectivity index (χ1) is 31.8. The Bertz CT molecular complexity index is 3450. The lowest BCUT2D eigenvalue weighted by molar-refractivity contribution is 0.332. The van der Waals surface area contributed by atoms with E-state index in [2.05, 4.69) is 87.2 Å². The molecule has 8 heterocycles. The Balaban J connectivity index is 1.02. The van der Waals surface area contributed by atoms with Crippen molar-refractivity contribution < 1.29 is 13.6 Å². The van der Waals surface area contributed by atoms with Crippen molar-refractivity contribution in [1.29, 1.82) is 0 Å². The number of aromatic amines is 1. The number of anilines is 2. The molecule has 10 heteroatoms. The number of benzene rings is 3. The van der Waals surface area contributed by atoms with E-state index in [0.717, 1.165) is 90.4 Å². The molecule has 0 radical (unpaired) electrons. The van der Waals surface area contributed by atoms with E-state index in [4.69, 9.17) is 25.1 Å². The summed E-state index contributed by atoms with van der Waals surface area (Å²) in [5.41, 5.74) is 11.3. The van der Waals surface area contributed by atoms with Crippen molar-refractivity contribution in [3.05, 3.63) is 161 Å². The fourth-order valence-electron chi connectivity index (χ4n) is 11.4. The molecule has 6 aromatic rings. The van der Waals surface area contributed by atoms with E-state index < -0.39 is 11.3 Å². The van der Waals surface area contributed by atoms with Crippen LogP contribution < -0.4 is 21.1 Å². The highest BCUT2D eigenvalue weighted by atomic mass is 16.5. The number of aromatic nitrogens is 2. The van der Waals surface area contributed by atoms with Crippen molar-refractivity contribution in [3.63, 3.8) is 0 Å². The van der Waals surface area contributed by atoms with E-state index in [1.807, 2.05) is 37.3 Å². The molecule has 0 spiro atoms. The van der Waals surface area contributed by atoms with Crippen molar-refractivity contribution in [1.82, 2.24) is 9.97 Å². The van der Waals surface area contributed by atoms with Crippen molar-refractivity contribution in [2.45, 2.75) is 110 Å². The summed E-state index contributed by atoms with van der Waals surface area (Å²) in [6.07, 6.45) is 14.5. The highest BCUT2D eigenvalue weighted by molar-refractivity contribution is 5.94. The van der Waals surface area contributed by atoms with Gasteiger partial charge < -0.3 is 28.4 Å². The Morgan fingerprint density at radius 3 is 1.91 bits per heavy atom. The van der Waals surface area contributed by atoms with Gasteiger partial charge in [-0.05, 0) is 143 Å². The summed E-state index contributed by atoms with van der Waals surface area (Å²) in [6, 6.07) is 14.1. The fourth-order valence-corrected chi connectivity index (χ4v) is 11.4. The number of ether oxygens (including phenoxy) is 1. The third-order valence-electron chi connectivity index (χ3n) is 15.6. The van der Waals surface area contributed by atoms with Crippen LogP contribution in [0.25, 0.3) is 55.7 Å². The zero-order valence-corrected chi connectivity index (χ0v) is 40.0. The highest BCUT2D eigenvalue weighted by Gasteiger charge is 2.44. The summed E-state index contributed by atoms with van der Waals surface area (Å²) in [7, 11) is 0. The summed E-state index contributed by atoms with van der Waals surface area (Å²) in [5, 5.41) is 1.82. The minimum atomic E-state index is -0.441. The Kier molecular flexibility index (Phi) is 9.46. The first-order valence-electron chi connectivity index (χ1n) is 23.7. The van der Waals surface area contributed by atoms with Crippen molar-refractivity contribution in [2.24, 2.45) is 0 Å². The number of para-hydroxylation sites is 2. The van der Waals surface area contributed by atoms with Gasteiger partial charge in [0.1, 0.15) is 28.5 Å². The van der Waals surface area contributed by atoms with Crippen LogP contribution in [0.1, 0.15) is 126 Å². The second kappa shape index (κ2) is 14.8. The lowest BCUT2D eigenvalue weighted by Crippen LogP contribution is -2.44. The van der Waals surface area contributed by atoms with E-state index in [1.54, 1.807) is 36.5 Å². The smallest absolute Gasteiger partial charge is 0.343 e. The van der Waals surface area contributed by atoms with E-state index in [0.29, 0.717) is 50.9 Å². The van der Waals surface area contributed by atoms with E-state index in [9.17, 15) is 9.59 Å². The maximum absolute atomic E-state index is 14.1. The zero-order chi connectivity index (χ0) is 46.9. The third-order valence-corrected chi connectivity index (χ3v) is 15.6. The molecule has 67 heavy (non-hydrogen) atoms. The van der Waals surface area contributed by atoms with Gasteiger partial charge in [0.15, 0.2) is 0 Å². The quantitative estimate of drug-likeness (QED) is 0.135. The predicted octanol–water partition coefficient (Wildman–Crippen LogP) is 12.3. The normalized spacial score (nSPS) is 20.7. The number of rotatable bonds is 5. The lowest BCUT2D eigenvalue weighted by Gasteiger charge is -2.48. The van der Waals surface area contributed by atoms with Gasteiger partial charge in [-0.3, -0.25) is 0 Å². The molecule has 5 aliphatic heterocycles. The van der Waals surface area contributed by atoms with Gasteiger partial charge in [-0.15, -0.1) is 0 Å². The molecule has 0 amide bonds. The van der Waals surface area contributed by atoms with Gasteiger partial charge in [-0.25, -0.2) is 19.4 Å². The molecule has 0 unspecified atom stereocenters. The fraction of sp³-hybridized carbons (Fsp3) is 0.368. The number of fused-ring (bicyclic) bond motifs is 5. The summed E-state index contributed by atoms with van der Waals surface area (Å²) in [5.74, 6) is 1.19. The van der Waals surface area contributed by atoms with Crippen molar-refractivity contribution >= 4 is 62.2 Å². The maximum atomic E-state index is 14.1. The first-order valence-corrected chi connectivity index (χ1v) is 23.7. The summed E-state index contributed by atoms with van der Waals surface area (Å²) in [6.45, 7) is 32.5. The molecule has 10 nitrogen and oxygen atoms in total. The second-order valence-electron chi connectivity index (χ2n) is 21.9. The molecule has 0 atom stereocenters. The van der Waals surface area contributed by atoms with Gasteiger partial charge in [-0.1, -0.05) is 67.5 Å². The molecular formula is C57H57N5O5. The average Bonchev–Trinajstić information content (AvgIpc) is 3.70. The Hall–Kier alpha value is -6.86. The molecule has 340 valence electrons. The number of nitrogens with one attached hydrogen (secondary N) is 1. The molecule has 1 N–H and O–H groups in total. The van der Waals surface area contributed by atoms with Crippen LogP contribution in [0.2, 0.25) is 0 Å². The van der Waals surface area contributed by atoms with Crippen LogP contribution >= 0.6 is 0 Å². The molecule has 0 saturated heterocycles. The standard InChI is InChI=1S/C57H57N5O5/c1-32-38(53(64)67-50-39(32)31-41-48-45(50)57(8,9)22-26-62(48)24-20-55(41,4)5)18-17-37-29-34(46(58-10)51-59-42-13-11-12-14-43(42)60-51)28-36(65-37)16-15-33-27-35-30-40-47-44(49(35)66-52(33)63)56(6,7)21-25-61(47)23-19-54(40,2)3/h11-18,27-31H,19-26H2,1-9H3,(H,59,60). The van der Waals surface area contributed by atoms with E-state index in [-0.39, 0.29) is 21.7 Å². The molecule has 0 fully saturated rings. The molecule has 11 rings (SSSR count). The summed E-state index contributed by atoms with van der Waals surface area (Å²) >= 11 is 0. The molecule has 3 aromatic heterocycles. The van der Waals surface area contributed by atoms with Gasteiger partial charge in [0.05, 0.1) is 28.7 Å². The summed E-state index contributed by atoms with van der Waals surface area (Å²) < 4.78 is 19.2. The second-order valence-corrected chi connectivity index (χ2v) is 21.9. The molecule has 0 bridgehead atoms. The molecule has 3 aromatic carbocycles. The van der Waals surface area contributed by atoms with Crippen molar-refractivity contribution in [2.75, 3.05) is 36.0 Å². The molecule has 0 saturated carbocycles. The molecule has 0 aliphatic carbocycles. The average molecular weight is 892 g/mol. The molecular weight excluding hydrogens is 835 g/mol. The van der Waals surface area contributed by atoms with Gasteiger partial charge in [0.2, 0.25) is 5.70 Å². The van der Waals surface area contributed by atoms with Gasteiger partial charge in [0.25, 0.3) is 0 Å². The Morgan fingerprint density at radius 1 is 0.716 bits per heavy atom. The number of hydrogen-bond acceptors (Lipinski definition) is 8. The van der Waals surface area contributed by atoms with E-state index >= 15 is 0 Å². The SMILES string of the molecule is [C-]#[N+]C(=C1C=C(C=Cc2cc3cc4c5c(c3oc2=O)C(C)(C)CCN5CCC4(C)C)OC(C=Cc2c(C)c3cc4c5c(c3oc2=O)C(C)(C)CCN5CCC4(C)C)=C1)c1nc2ccccc2[nH]1. The third kappa shape index (κ3) is 6.83. The minimum Gasteiger partial charge on any atom is -0.457 e. The number of allylic oxidation sites excluding steroid dienone is 5. The van der Waals surface area contributed by atoms with Gasteiger partial charge in [-0.2, -0.15) is 0 Å². The van der Waals surface area contributed by atoms with Crippen LogP contribution in [0.5, 0.6) is 0 Å². The summed E-state index contributed by atoms with van der Waals surface area (Å²) in [4.78, 5) is 45.1. The van der Waals surface area contributed by atoms with Crippen LogP contribution in [-0.2, 0) is 26.4 Å². The number of nitrogens with zero attached hydrogens (tertiary/aromatic N) is 4. The first kappa shape index (κ1) is 42.8. The topological polar surface area (TPSA) is 109 Å². The van der Waals surface area contributed by atoms with Crippen LogP contribution in [0.4, 0.5) is 11.4 Å². The Labute approximate surface area is 390 Å². The highest BCUT2D eigenvalue weighted by Crippen LogP contribution is 2.53. The molecule has 5 aliphatic rings. The van der Waals surface area contributed by atoms with Crippen LogP contribution in [0.15, 0.2) is 102 Å². The van der Waals surface area contributed by atoms with Crippen LogP contribution in [-0.4, -0.2) is 36.1 Å². The monoisotopic (exact) mass is 891 g/mol. The Morgan fingerprint density at radius 2 is 1.28 bits per heavy atom. The van der Waals surface area contributed by atoms with Gasteiger partial charge in [0, 0.05) is 59.5 Å². The maximum Gasteiger partial charge on any atom is 0.343 e. The van der Waals surface area contributed by atoms with Gasteiger partial charge >= 0.3 is 11.3 Å². The number of aryl methyl sites for hydroxylation is 1. The predicted molar refractivity (Wildman–Crippen MR) is 270 cm³/mol.